The van der Waals surface area contributed by atoms with Gasteiger partial charge in [0, 0.05) is 6.04 Å². The van der Waals surface area contributed by atoms with E-state index in [0.717, 1.165) is 6.42 Å². The van der Waals surface area contributed by atoms with Crippen molar-refractivity contribution in [1.29, 1.82) is 0 Å². The molecule has 0 spiro atoms. The molecule has 0 saturated carbocycles. The highest BCUT2D eigenvalue weighted by molar-refractivity contribution is 4.94. The molecule has 9 heavy (non-hydrogen) atoms. The van der Waals surface area contributed by atoms with Crippen molar-refractivity contribution < 1.29 is 9.84 Å². The number of ether oxygens (including phenoxy) is 1. The SMILES string of the molecule is CCC(N)C1(O)COC1. The maximum absolute atomic E-state index is 9.43. The third-order valence-electron chi connectivity index (χ3n) is 1.83. The van der Waals surface area contributed by atoms with E-state index in [4.69, 9.17) is 10.5 Å². The molecule has 3 N–H and O–H groups in total. The second-order valence-corrected chi connectivity index (χ2v) is 2.61. The van der Waals surface area contributed by atoms with Crippen LogP contribution in [0.3, 0.4) is 0 Å². The fraction of sp³-hybridized carbons (Fsp3) is 1.00. The van der Waals surface area contributed by atoms with Crippen LogP contribution in [0.4, 0.5) is 0 Å². The van der Waals surface area contributed by atoms with E-state index in [1.165, 1.54) is 0 Å². The predicted octanol–water partition coefficient (Wildman–Crippen LogP) is -0.515. The molecular weight excluding hydrogens is 118 g/mol. The summed E-state index contributed by atoms with van der Waals surface area (Å²) in [6.07, 6.45) is 0.805. The fourth-order valence-corrected chi connectivity index (χ4v) is 0.905. The van der Waals surface area contributed by atoms with E-state index in [9.17, 15) is 5.11 Å². The van der Waals surface area contributed by atoms with Gasteiger partial charge in [-0.05, 0) is 6.42 Å². The Morgan fingerprint density at radius 1 is 1.78 bits per heavy atom. The van der Waals surface area contributed by atoms with Crippen LogP contribution >= 0.6 is 0 Å². The third kappa shape index (κ3) is 1.08. The molecule has 0 bridgehead atoms. The van der Waals surface area contributed by atoms with Gasteiger partial charge in [0.25, 0.3) is 0 Å². The van der Waals surface area contributed by atoms with Crippen molar-refractivity contribution in [2.24, 2.45) is 5.73 Å². The summed E-state index contributed by atoms with van der Waals surface area (Å²) in [5, 5.41) is 9.43. The van der Waals surface area contributed by atoms with Crippen molar-refractivity contribution in [3.63, 3.8) is 0 Å². The molecule has 0 aromatic carbocycles. The molecule has 1 unspecified atom stereocenters. The van der Waals surface area contributed by atoms with Crippen molar-refractivity contribution in [1.82, 2.24) is 0 Å². The molecule has 1 heterocycles. The van der Waals surface area contributed by atoms with E-state index >= 15 is 0 Å². The molecule has 0 radical (unpaired) electrons. The van der Waals surface area contributed by atoms with E-state index in [0.29, 0.717) is 13.2 Å². The minimum Gasteiger partial charge on any atom is -0.383 e. The average molecular weight is 131 g/mol. The highest BCUT2D eigenvalue weighted by atomic mass is 16.5. The van der Waals surface area contributed by atoms with Crippen molar-refractivity contribution in [2.45, 2.75) is 25.0 Å². The van der Waals surface area contributed by atoms with E-state index in [2.05, 4.69) is 0 Å². The van der Waals surface area contributed by atoms with Gasteiger partial charge in [0.2, 0.25) is 0 Å². The molecule has 1 fully saturated rings. The van der Waals surface area contributed by atoms with Crippen LogP contribution in [0.15, 0.2) is 0 Å². The number of rotatable bonds is 2. The van der Waals surface area contributed by atoms with Crippen LogP contribution in [0, 0.1) is 0 Å². The summed E-state index contributed by atoms with van der Waals surface area (Å²) in [6.45, 7) is 2.77. The van der Waals surface area contributed by atoms with Crippen LogP contribution in [0.2, 0.25) is 0 Å². The zero-order valence-electron chi connectivity index (χ0n) is 5.63. The Hall–Kier alpha value is -0.120. The molecule has 1 saturated heterocycles. The van der Waals surface area contributed by atoms with E-state index in [-0.39, 0.29) is 6.04 Å². The Balaban J connectivity index is 2.38. The molecule has 1 rings (SSSR count). The molecular formula is C6H13NO2. The first-order valence-electron chi connectivity index (χ1n) is 3.25. The summed E-state index contributed by atoms with van der Waals surface area (Å²) < 4.78 is 4.83. The first kappa shape index (κ1) is 6.99. The number of hydrogen-bond acceptors (Lipinski definition) is 3. The average Bonchev–Trinajstić information content (AvgIpc) is 1.81. The lowest BCUT2D eigenvalue weighted by atomic mass is 9.91. The maximum atomic E-state index is 9.43. The highest BCUT2D eigenvalue weighted by Gasteiger charge is 2.40. The van der Waals surface area contributed by atoms with Gasteiger partial charge in [-0.25, -0.2) is 0 Å². The zero-order valence-corrected chi connectivity index (χ0v) is 5.63. The molecule has 0 aromatic heterocycles. The zero-order chi connectivity index (χ0) is 6.91. The normalized spacial score (nSPS) is 27.0. The first-order valence-corrected chi connectivity index (χ1v) is 3.25. The van der Waals surface area contributed by atoms with Gasteiger partial charge in [0.15, 0.2) is 0 Å². The van der Waals surface area contributed by atoms with Crippen LogP contribution in [0.25, 0.3) is 0 Å². The smallest absolute Gasteiger partial charge is 0.126 e. The fourth-order valence-electron chi connectivity index (χ4n) is 0.905. The van der Waals surface area contributed by atoms with Crippen LogP contribution in [0.1, 0.15) is 13.3 Å². The number of hydrogen-bond donors (Lipinski definition) is 2. The monoisotopic (exact) mass is 131 g/mol. The highest BCUT2D eigenvalue weighted by Crippen LogP contribution is 2.20. The summed E-state index contributed by atoms with van der Waals surface area (Å²) in [5.74, 6) is 0. The van der Waals surface area contributed by atoms with Crippen LogP contribution in [-0.4, -0.2) is 30.0 Å². The second-order valence-electron chi connectivity index (χ2n) is 2.61. The van der Waals surface area contributed by atoms with Crippen LogP contribution in [0.5, 0.6) is 0 Å². The molecule has 0 amide bonds. The Bertz CT molecular complexity index is 101. The summed E-state index contributed by atoms with van der Waals surface area (Å²) in [5.41, 5.74) is 4.87. The second kappa shape index (κ2) is 2.25. The number of nitrogens with two attached hydrogens (primary N) is 1. The molecule has 1 atom stereocenters. The van der Waals surface area contributed by atoms with Gasteiger partial charge in [0.05, 0.1) is 13.2 Å². The van der Waals surface area contributed by atoms with Crippen molar-refractivity contribution >= 4 is 0 Å². The van der Waals surface area contributed by atoms with Crippen LogP contribution < -0.4 is 5.73 Å². The third-order valence-corrected chi connectivity index (χ3v) is 1.83. The predicted molar refractivity (Wildman–Crippen MR) is 34.0 cm³/mol. The first-order chi connectivity index (χ1) is 4.19. The molecule has 1 aliphatic heterocycles. The van der Waals surface area contributed by atoms with Gasteiger partial charge >= 0.3 is 0 Å². The van der Waals surface area contributed by atoms with Gasteiger partial charge in [-0.1, -0.05) is 6.92 Å². The van der Waals surface area contributed by atoms with Crippen molar-refractivity contribution in [3.05, 3.63) is 0 Å². The molecule has 1 aliphatic rings. The molecule has 3 heteroatoms. The summed E-state index contributed by atoms with van der Waals surface area (Å²) >= 11 is 0. The summed E-state index contributed by atoms with van der Waals surface area (Å²) in [4.78, 5) is 0. The lowest BCUT2D eigenvalue weighted by Crippen LogP contribution is -2.61. The Kier molecular flexibility index (Phi) is 1.75. The lowest BCUT2D eigenvalue weighted by Gasteiger charge is -2.40. The Labute approximate surface area is 54.8 Å². The van der Waals surface area contributed by atoms with Gasteiger partial charge in [-0.15, -0.1) is 0 Å². The maximum Gasteiger partial charge on any atom is 0.126 e. The summed E-state index contributed by atoms with van der Waals surface area (Å²) in [7, 11) is 0. The van der Waals surface area contributed by atoms with Gasteiger partial charge in [0.1, 0.15) is 5.60 Å². The quantitative estimate of drug-likeness (QED) is 0.530. The minimum absolute atomic E-state index is 0.119. The Morgan fingerprint density at radius 3 is 2.44 bits per heavy atom. The van der Waals surface area contributed by atoms with Crippen LogP contribution in [-0.2, 0) is 4.74 Å². The van der Waals surface area contributed by atoms with Gasteiger partial charge < -0.3 is 15.6 Å². The largest absolute Gasteiger partial charge is 0.383 e. The van der Waals surface area contributed by atoms with Crippen molar-refractivity contribution in [3.8, 4) is 0 Å². The van der Waals surface area contributed by atoms with E-state index in [1.54, 1.807) is 0 Å². The molecule has 54 valence electrons. The minimum atomic E-state index is -0.714. The van der Waals surface area contributed by atoms with Gasteiger partial charge in [-0.2, -0.15) is 0 Å². The number of aliphatic hydroxyl groups is 1. The lowest BCUT2D eigenvalue weighted by molar-refractivity contribution is -0.189. The molecule has 0 aromatic rings. The summed E-state index contributed by atoms with van der Waals surface area (Å²) in [6, 6.07) is -0.119. The van der Waals surface area contributed by atoms with Crippen molar-refractivity contribution in [2.75, 3.05) is 13.2 Å². The topological polar surface area (TPSA) is 55.5 Å². The molecule has 3 nitrogen and oxygen atoms in total. The Morgan fingerprint density at radius 2 is 2.33 bits per heavy atom. The van der Waals surface area contributed by atoms with Gasteiger partial charge in [-0.3, -0.25) is 0 Å². The standard InChI is InChI=1S/C6H13NO2/c1-2-5(7)6(8)3-9-4-6/h5,8H,2-4,7H2,1H3. The van der Waals surface area contributed by atoms with E-state index < -0.39 is 5.60 Å². The van der Waals surface area contributed by atoms with E-state index in [1.807, 2.05) is 6.92 Å². The molecule has 0 aliphatic carbocycles.